The highest BCUT2D eigenvalue weighted by atomic mass is 32.2. The third-order valence-electron chi connectivity index (χ3n) is 3.39. The topological polar surface area (TPSA) is 84.5 Å². The standard InChI is InChI=1S/C15H24N2O4S/c1-15(14(18)21-3,13-9-5-4-6-10-13)17-22(19,20)12-8-7-11-16-2/h4-6,9-10,16-17H,7-8,11-12H2,1-3H3. The number of benzene rings is 1. The zero-order chi connectivity index (χ0) is 16.6. The van der Waals surface area contributed by atoms with Crippen molar-refractivity contribution in [1.29, 1.82) is 0 Å². The highest BCUT2D eigenvalue weighted by molar-refractivity contribution is 7.89. The Kier molecular flexibility index (Phi) is 6.99. The van der Waals surface area contributed by atoms with E-state index in [1.807, 2.05) is 7.05 Å². The zero-order valence-electron chi connectivity index (χ0n) is 13.3. The molecule has 1 aromatic rings. The molecular weight excluding hydrogens is 304 g/mol. The van der Waals surface area contributed by atoms with Gasteiger partial charge in [-0.05, 0) is 38.9 Å². The minimum atomic E-state index is -3.60. The van der Waals surface area contributed by atoms with Crippen molar-refractivity contribution in [3.63, 3.8) is 0 Å². The number of sulfonamides is 1. The number of esters is 1. The van der Waals surface area contributed by atoms with Crippen molar-refractivity contribution in [2.24, 2.45) is 0 Å². The van der Waals surface area contributed by atoms with Crippen LogP contribution in [0.3, 0.4) is 0 Å². The van der Waals surface area contributed by atoms with Crippen molar-refractivity contribution in [3.8, 4) is 0 Å². The van der Waals surface area contributed by atoms with Gasteiger partial charge >= 0.3 is 5.97 Å². The number of ether oxygens (including phenoxy) is 1. The third kappa shape index (κ3) is 5.08. The first-order chi connectivity index (χ1) is 10.4. The fourth-order valence-corrected chi connectivity index (χ4v) is 3.66. The molecule has 0 spiro atoms. The summed E-state index contributed by atoms with van der Waals surface area (Å²) in [5, 5.41) is 2.97. The fourth-order valence-electron chi connectivity index (χ4n) is 2.15. The Balaban J connectivity index is 2.93. The minimum absolute atomic E-state index is 0.0336. The predicted octanol–water partition coefficient (Wildman–Crippen LogP) is 0.994. The smallest absolute Gasteiger partial charge is 0.331 e. The summed E-state index contributed by atoms with van der Waals surface area (Å²) in [5.41, 5.74) is -0.890. The molecule has 0 bridgehead atoms. The van der Waals surface area contributed by atoms with E-state index in [4.69, 9.17) is 4.74 Å². The highest BCUT2D eigenvalue weighted by Gasteiger charge is 2.39. The molecular formula is C15H24N2O4S. The predicted molar refractivity (Wildman–Crippen MR) is 85.9 cm³/mol. The molecule has 0 radical (unpaired) electrons. The van der Waals surface area contributed by atoms with Gasteiger partial charge < -0.3 is 10.1 Å². The Hall–Kier alpha value is -1.44. The van der Waals surface area contributed by atoms with Gasteiger partial charge in [-0.2, -0.15) is 4.72 Å². The average Bonchev–Trinajstić information content (AvgIpc) is 2.51. The second kappa shape index (κ2) is 8.26. The molecule has 6 nitrogen and oxygen atoms in total. The summed E-state index contributed by atoms with van der Waals surface area (Å²) in [5.74, 6) is -0.675. The Morgan fingerprint density at radius 3 is 2.41 bits per heavy atom. The van der Waals surface area contributed by atoms with Crippen LogP contribution in [-0.4, -0.2) is 40.8 Å². The normalized spacial score (nSPS) is 14.3. The number of hydrogen-bond acceptors (Lipinski definition) is 5. The van der Waals surface area contributed by atoms with Crippen LogP contribution in [0.15, 0.2) is 30.3 Å². The molecule has 22 heavy (non-hydrogen) atoms. The van der Waals surface area contributed by atoms with E-state index in [0.29, 0.717) is 12.0 Å². The van der Waals surface area contributed by atoms with E-state index >= 15 is 0 Å². The Bertz CT molecular complexity index is 574. The van der Waals surface area contributed by atoms with E-state index < -0.39 is 21.5 Å². The van der Waals surface area contributed by atoms with Gasteiger partial charge in [-0.15, -0.1) is 0 Å². The van der Waals surface area contributed by atoms with Crippen molar-refractivity contribution in [2.75, 3.05) is 26.5 Å². The summed E-state index contributed by atoms with van der Waals surface area (Å²) in [4.78, 5) is 12.1. The van der Waals surface area contributed by atoms with Gasteiger partial charge in [0, 0.05) is 0 Å². The molecule has 0 aliphatic carbocycles. The van der Waals surface area contributed by atoms with Crippen molar-refractivity contribution < 1.29 is 17.9 Å². The molecule has 7 heteroatoms. The van der Waals surface area contributed by atoms with Crippen LogP contribution in [0.25, 0.3) is 0 Å². The van der Waals surface area contributed by atoms with Gasteiger partial charge in [0.2, 0.25) is 10.0 Å². The molecule has 124 valence electrons. The third-order valence-corrected chi connectivity index (χ3v) is 4.94. The second-order valence-electron chi connectivity index (χ2n) is 5.21. The van der Waals surface area contributed by atoms with Crippen LogP contribution in [0.5, 0.6) is 0 Å². The summed E-state index contributed by atoms with van der Waals surface area (Å²) in [7, 11) is -0.545. The van der Waals surface area contributed by atoms with Crippen molar-refractivity contribution in [3.05, 3.63) is 35.9 Å². The van der Waals surface area contributed by atoms with E-state index in [1.54, 1.807) is 30.3 Å². The average molecular weight is 328 g/mol. The van der Waals surface area contributed by atoms with Crippen LogP contribution in [-0.2, 0) is 25.1 Å². The van der Waals surface area contributed by atoms with Crippen LogP contribution in [0.4, 0.5) is 0 Å². The van der Waals surface area contributed by atoms with Gasteiger partial charge in [-0.1, -0.05) is 30.3 Å². The molecule has 0 aromatic heterocycles. The SMILES string of the molecule is CNCCCCS(=O)(=O)NC(C)(C(=O)OC)c1ccccc1. The molecule has 0 heterocycles. The zero-order valence-corrected chi connectivity index (χ0v) is 14.1. The van der Waals surface area contributed by atoms with Gasteiger partial charge in [-0.25, -0.2) is 13.2 Å². The molecule has 0 fully saturated rings. The van der Waals surface area contributed by atoms with Crippen molar-refractivity contribution in [1.82, 2.24) is 10.0 Å². The lowest BCUT2D eigenvalue weighted by Crippen LogP contribution is -2.50. The number of unbranched alkanes of at least 4 members (excludes halogenated alkanes) is 1. The van der Waals surface area contributed by atoms with E-state index in [1.165, 1.54) is 14.0 Å². The monoisotopic (exact) mass is 328 g/mol. The minimum Gasteiger partial charge on any atom is -0.467 e. The summed E-state index contributed by atoms with van der Waals surface area (Å²) in [6.45, 7) is 2.27. The van der Waals surface area contributed by atoms with Gasteiger partial charge in [0.05, 0.1) is 12.9 Å². The molecule has 0 saturated heterocycles. The van der Waals surface area contributed by atoms with Gasteiger partial charge in [0.15, 0.2) is 5.54 Å². The van der Waals surface area contributed by atoms with Crippen LogP contribution >= 0.6 is 0 Å². The maximum absolute atomic E-state index is 12.3. The van der Waals surface area contributed by atoms with E-state index in [9.17, 15) is 13.2 Å². The van der Waals surface area contributed by atoms with E-state index in [0.717, 1.165) is 13.0 Å². The van der Waals surface area contributed by atoms with Crippen LogP contribution in [0, 0.1) is 0 Å². The number of carbonyl (C=O) groups excluding carboxylic acids is 1. The van der Waals surface area contributed by atoms with E-state index in [2.05, 4.69) is 10.0 Å². The summed E-state index contributed by atoms with van der Waals surface area (Å²) >= 11 is 0. The maximum atomic E-state index is 12.3. The summed E-state index contributed by atoms with van der Waals surface area (Å²) in [6, 6.07) is 8.68. The summed E-state index contributed by atoms with van der Waals surface area (Å²) < 4.78 is 31.8. The molecule has 1 unspecified atom stereocenters. The Morgan fingerprint density at radius 1 is 1.23 bits per heavy atom. The number of hydrogen-bond donors (Lipinski definition) is 2. The first-order valence-corrected chi connectivity index (χ1v) is 8.81. The highest BCUT2D eigenvalue weighted by Crippen LogP contribution is 2.23. The lowest BCUT2D eigenvalue weighted by atomic mass is 9.93. The Labute approximate surface area is 132 Å². The first kappa shape index (κ1) is 18.6. The lowest BCUT2D eigenvalue weighted by Gasteiger charge is -2.28. The molecule has 1 aromatic carbocycles. The van der Waals surface area contributed by atoms with Gasteiger partial charge in [-0.3, -0.25) is 0 Å². The van der Waals surface area contributed by atoms with Crippen molar-refractivity contribution in [2.45, 2.75) is 25.3 Å². The maximum Gasteiger partial charge on any atom is 0.331 e. The molecule has 1 atom stereocenters. The molecule has 0 amide bonds. The van der Waals surface area contributed by atoms with Crippen LogP contribution in [0.1, 0.15) is 25.3 Å². The number of methoxy groups -OCH3 is 1. The first-order valence-electron chi connectivity index (χ1n) is 7.16. The van der Waals surface area contributed by atoms with Crippen LogP contribution in [0.2, 0.25) is 0 Å². The molecule has 2 N–H and O–H groups in total. The molecule has 0 saturated carbocycles. The molecule has 0 aliphatic rings. The van der Waals surface area contributed by atoms with Gasteiger partial charge in [0.25, 0.3) is 0 Å². The van der Waals surface area contributed by atoms with Crippen molar-refractivity contribution >= 4 is 16.0 Å². The Morgan fingerprint density at radius 2 is 1.86 bits per heavy atom. The summed E-state index contributed by atoms with van der Waals surface area (Å²) in [6.07, 6.45) is 1.26. The molecule has 1 rings (SSSR count). The van der Waals surface area contributed by atoms with Crippen LogP contribution < -0.4 is 10.0 Å². The number of rotatable bonds is 9. The second-order valence-corrected chi connectivity index (χ2v) is 7.06. The van der Waals surface area contributed by atoms with E-state index in [-0.39, 0.29) is 5.75 Å². The molecule has 0 aliphatic heterocycles. The van der Waals surface area contributed by atoms with Gasteiger partial charge in [0.1, 0.15) is 0 Å². The number of carbonyl (C=O) groups is 1. The quantitative estimate of drug-likeness (QED) is 0.522. The fraction of sp³-hybridized carbons (Fsp3) is 0.533. The largest absolute Gasteiger partial charge is 0.467 e. The number of nitrogens with one attached hydrogen (secondary N) is 2. The lowest BCUT2D eigenvalue weighted by molar-refractivity contribution is -0.147.